The highest BCUT2D eigenvalue weighted by molar-refractivity contribution is 6.05. The molecule has 8 heteroatoms. The van der Waals surface area contributed by atoms with E-state index < -0.39 is 0 Å². The van der Waals surface area contributed by atoms with Crippen LogP contribution in [0.5, 0.6) is 5.75 Å². The Labute approximate surface area is 183 Å². The van der Waals surface area contributed by atoms with Gasteiger partial charge >= 0.3 is 0 Å². The molecule has 0 bridgehead atoms. The lowest BCUT2D eigenvalue weighted by Crippen LogP contribution is -2.40. The molecule has 1 saturated heterocycles. The van der Waals surface area contributed by atoms with Crippen LogP contribution in [0.4, 0.5) is 11.8 Å². The van der Waals surface area contributed by atoms with Crippen LogP contribution in [0, 0.1) is 5.92 Å². The second-order valence-electron chi connectivity index (χ2n) is 8.20. The van der Waals surface area contributed by atoms with Gasteiger partial charge in [0.25, 0.3) is 5.91 Å². The fraction of sp³-hybridized carbons (Fsp3) is 0.522. The molecule has 0 unspecified atom stereocenters. The number of nitrogens with zero attached hydrogens (tertiary/aromatic N) is 3. The highest BCUT2D eigenvalue weighted by atomic mass is 16.5. The van der Waals surface area contributed by atoms with Crippen molar-refractivity contribution in [2.24, 2.45) is 5.92 Å². The summed E-state index contributed by atoms with van der Waals surface area (Å²) in [5.41, 5.74) is 1.76. The number of carbonyl (C=O) groups is 1. The van der Waals surface area contributed by atoms with Crippen molar-refractivity contribution < 1.29 is 14.3 Å². The van der Waals surface area contributed by atoms with E-state index in [-0.39, 0.29) is 12.0 Å². The lowest BCUT2D eigenvalue weighted by molar-refractivity contribution is 0.0980. The van der Waals surface area contributed by atoms with Gasteiger partial charge in [0.2, 0.25) is 5.95 Å². The molecule has 1 amide bonds. The van der Waals surface area contributed by atoms with Gasteiger partial charge < -0.3 is 20.1 Å². The monoisotopic (exact) mass is 425 g/mol. The summed E-state index contributed by atoms with van der Waals surface area (Å²) in [6.07, 6.45) is 4.66. The predicted molar refractivity (Wildman–Crippen MR) is 120 cm³/mol. The first-order chi connectivity index (χ1) is 15.1. The van der Waals surface area contributed by atoms with Crippen molar-refractivity contribution in [2.45, 2.75) is 32.3 Å². The largest absolute Gasteiger partial charge is 0.493 e. The fourth-order valence-electron chi connectivity index (χ4n) is 3.98. The number of benzene rings is 1. The van der Waals surface area contributed by atoms with E-state index in [1.54, 1.807) is 24.3 Å². The van der Waals surface area contributed by atoms with Crippen molar-refractivity contribution in [3.63, 3.8) is 0 Å². The van der Waals surface area contributed by atoms with Crippen molar-refractivity contribution in [1.29, 1.82) is 0 Å². The summed E-state index contributed by atoms with van der Waals surface area (Å²) in [6.45, 7) is 5.84. The number of methoxy groups -OCH3 is 1. The summed E-state index contributed by atoms with van der Waals surface area (Å²) in [5.74, 6) is 2.38. The molecule has 3 heterocycles. The predicted octanol–water partition coefficient (Wildman–Crippen LogP) is 2.50. The maximum Gasteiger partial charge on any atom is 0.259 e. The van der Waals surface area contributed by atoms with Crippen molar-refractivity contribution in [1.82, 2.24) is 15.3 Å². The number of fused-ring (bicyclic) bond motifs is 1. The number of rotatable bonds is 8. The van der Waals surface area contributed by atoms with Crippen molar-refractivity contribution in [3.05, 3.63) is 41.6 Å². The molecule has 0 aliphatic carbocycles. The second-order valence-corrected chi connectivity index (χ2v) is 8.20. The van der Waals surface area contributed by atoms with Crippen LogP contribution in [0.2, 0.25) is 0 Å². The first kappa shape index (κ1) is 21.5. The van der Waals surface area contributed by atoms with E-state index in [9.17, 15) is 4.79 Å². The SMILES string of the molecule is CO[C@H](C)CNc1nccc(N(CC2CCNCC2)C(=O)c2ccc3c(c2)CCO3)n1. The minimum Gasteiger partial charge on any atom is -0.493 e. The van der Waals surface area contributed by atoms with Gasteiger partial charge in [-0.1, -0.05) is 0 Å². The molecule has 1 atom stereocenters. The molecule has 8 nitrogen and oxygen atoms in total. The van der Waals surface area contributed by atoms with E-state index in [0.717, 1.165) is 43.7 Å². The highest BCUT2D eigenvalue weighted by Crippen LogP contribution is 2.28. The van der Waals surface area contributed by atoms with E-state index >= 15 is 0 Å². The molecule has 0 spiro atoms. The van der Waals surface area contributed by atoms with Crippen LogP contribution in [0.3, 0.4) is 0 Å². The third kappa shape index (κ3) is 5.32. The van der Waals surface area contributed by atoms with Gasteiger partial charge in [-0.3, -0.25) is 9.69 Å². The minimum atomic E-state index is -0.0388. The Hall–Kier alpha value is -2.71. The normalized spacial score (nSPS) is 17.0. The molecule has 0 saturated carbocycles. The van der Waals surface area contributed by atoms with Crippen molar-refractivity contribution in [2.75, 3.05) is 50.1 Å². The molecular formula is C23H31N5O3. The topological polar surface area (TPSA) is 88.6 Å². The van der Waals surface area contributed by atoms with E-state index in [4.69, 9.17) is 9.47 Å². The number of hydrogen-bond donors (Lipinski definition) is 2. The molecule has 4 rings (SSSR count). The quantitative estimate of drug-likeness (QED) is 0.672. The summed E-state index contributed by atoms with van der Waals surface area (Å²) in [5, 5.41) is 6.59. The van der Waals surface area contributed by atoms with Crippen molar-refractivity contribution >= 4 is 17.7 Å². The van der Waals surface area contributed by atoms with Crippen LogP contribution < -0.4 is 20.3 Å². The van der Waals surface area contributed by atoms with Crippen LogP contribution in [0.15, 0.2) is 30.5 Å². The Kier molecular flexibility index (Phi) is 6.99. The summed E-state index contributed by atoms with van der Waals surface area (Å²) in [4.78, 5) is 24.4. The van der Waals surface area contributed by atoms with Gasteiger partial charge in [-0.15, -0.1) is 0 Å². The standard InChI is InChI=1S/C23H31N5O3/c1-16(30-2)14-26-23-25-11-7-21(27-23)28(15-17-5-9-24-10-6-17)22(29)19-3-4-20-18(13-19)8-12-31-20/h3-4,7,11,13,16-17,24H,5-6,8-10,12,14-15H2,1-2H3,(H,25,26,27)/t16-/m1/s1. The van der Waals surface area contributed by atoms with E-state index in [1.807, 2.05) is 25.1 Å². The minimum absolute atomic E-state index is 0.0355. The lowest BCUT2D eigenvalue weighted by atomic mass is 9.97. The molecule has 1 aromatic carbocycles. The Morgan fingerprint density at radius 3 is 3.00 bits per heavy atom. The van der Waals surface area contributed by atoms with Crippen LogP contribution in [-0.2, 0) is 11.2 Å². The zero-order chi connectivity index (χ0) is 21.6. The smallest absolute Gasteiger partial charge is 0.259 e. The van der Waals surface area contributed by atoms with Crippen LogP contribution in [0.25, 0.3) is 0 Å². The molecule has 2 N–H and O–H groups in total. The molecule has 31 heavy (non-hydrogen) atoms. The Morgan fingerprint density at radius 1 is 1.35 bits per heavy atom. The van der Waals surface area contributed by atoms with Gasteiger partial charge in [-0.25, -0.2) is 4.98 Å². The van der Waals surface area contributed by atoms with Gasteiger partial charge in [0.05, 0.1) is 12.7 Å². The maximum atomic E-state index is 13.6. The summed E-state index contributed by atoms with van der Waals surface area (Å²) >= 11 is 0. The molecule has 2 aliphatic heterocycles. The first-order valence-electron chi connectivity index (χ1n) is 11.0. The number of ether oxygens (including phenoxy) is 2. The molecule has 0 radical (unpaired) electrons. The van der Waals surface area contributed by atoms with Gasteiger partial charge in [-0.2, -0.15) is 4.98 Å². The summed E-state index contributed by atoms with van der Waals surface area (Å²) < 4.78 is 10.9. The van der Waals surface area contributed by atoms with Gasteiger partial charge in [-0.05, 0) is 68.6 Å². The van der Waals surface area contributed by atoms with Gasteiger partial charge in [0.1, 0.15) is 11.6 Å². The lowest BCUT2D eigenvalue weighted by Gasteiger charge is -2.30. The third-order valence-corrected chi connectivity index (χ3v) is 5.95. The van der Waals surface area contributed by atoms with E-state index in [0.29, 0.717) is 42.9 Å². The highest BCUT2D eigenvalue weighted by Gasteiger charge is 2.26. The number of hydrogen-bond acceptors (Lipinski definition) is 7. The Morgan fingerprint density at radius 2 is 2.19 bits per heavy atom. The van der Waals surface area contributed by atoms with E-state index in [1.165, 1.54) is 0 Å². The molecule has 1 fully saturated rings. The average Bonchev–Trinajstić information content (AvgIpc) is 3.29. The van der Waals surface area contributed by atoms with Crippen LogP contribution >= 0.6 is 0 Å². The maximum absolute atomic E-state index is 13.6. The number of aromatic nitrogens is 2. The molecule has 166 valence electrons. The van der Waals surface area contributed by atoms with Crippen LogP contribution in [0.1, 0.15) is 35.7 Å². The number of nitrogens with one attached hydrogen (secondary N) is 2. The van der Waals surface area contributed by atoms with Gasteiger partial charge in [0.15, 0.2) is 0 Å². The fourth-order valence-corrected chi connectivity index (χ4v) is 3.98. The molecule has 2 aromatic rings. The number of anilines is 2. The first-order valence-corrected chi connectivity index (χ1v) is 11.0. The number of piperidine rings is 1. The molecule has 2 aliphatic rings. The van der Waals surface area contributed by atoms with E-state index in [2.05, 4.69) is 20.6 Å². The zero-order valence-electron chi connectivity index (χ0n) is 18.3. The molecular weight excluding hydrogens is 394 g/mol. The average molecular weight is 426 g/mol. The summed E-state index contributed by atoms with van der Waals surface area (Å²) in [6, 6.07) is 7.51. The Balaban J connectivity index is 1.58. The van der Waals surface area contributed by atoms with Gasteiger partial charge in [0, 0.05) is 38.4 Å². The Bertz CT molecular complexity index is 901. The van der Waals surface area contributed by atoms with Crippen molar-refractivity contribution in [3.8, 4) is 5.75 Å². The van der Waals surface area contributed by atoms with Crippen LogP contribution in [-0.4, -0.2) is 61.9 Å². The third-order valence-electron chi connectivity index (χ3n) is 5.95. The summed E-state index contributed by atoms with van der Waals surface area (Å²) in [7, 11) is 1.67. The number of amides is 1. The zero-order valence-corrected chi connectivity index (χ0v) is 18.3. The molecule has 1 aromatic heterocycles. The number of carbonyl (C=O) groups excluding carboxylic acids is 1. The second kappa shape index (κ2) is 10.1.